The number of anilines is 2. The van der Waals surface area contributed by atoms with Crippen molar-refractivity contribution in [1.29, 1.82) is 0 Å². The van der Waals surface area contributed by atoms with E-state index >= 15 is 0 Å². The number of amides is 1. The van der Waals surface area contributed by atoms with Crippen molar-refractivity contribution >= 4 is 39.8 Å². The van der Waals surface area contributed by atoms with E-state index in [9.17, 15) is 4.79 Å². The number of nitrogens with zero attached hydrogens (tertiary/aromatic N) is 1. The normalized spacial score (nSPS) is 15.4. The van der Waals surface area contributed by atoms with E-state index in [1.807, 2.05) is 63.2 Å². The van der Waals surface area contributed by atoms with Crippen LogP contribution in [0.3, 0.4) is 0 Å². The van der Waals surface area contributed by atoms with Gasteiger partial charge in [0.05, 0.1) is 18.5 Å². The Labute approximate surface area is 199 Å². The smallest absolute Gasteiger partial charge is 0.414 e. The molecule has 3 aromatic rings. The van der Waals surface area contributed by atoms with Crippen molar-refractivity contribution in [2.45, 2.75) is 38.9 Å². The average Bonchev–Trinajstić information content (AvgIpc) is 3.16. The van der Waals surface area contributed by atoms with Crippen molar-refractivity contribution < 1.29 is 19.0 Å². The summed E-state index contributed by atoms with van der Waals surface area (Å²) < 4.78 is 17.2. The number of alkyl halides is 1. The van der Waals surface area contributed by atoms with Gasteiger partial charge in [-0.15, -0.1) is 11.6 Å². The van der Waals surface area contributed by atoms with Gasteiger partial charge in [-0.05, 0) is 49.4 Å². The fraction of sp³-hybridized carbons (Fsp3) is 0.346. The van der Waals surface area contributed by atoms with Gasteiger partial charge in [-0.2, -0.15) is 0 Å². The van der Waals surface area contributed by atoms with Gasteiger partial charge in [-0.25, -0.2) is 4.79 Å². The van der Waals surface area contributed by atoms with Gasteiger partial charge in [0.2, 0.25) is 0 Å². The van der Waals surface area contributed by atoms with Gasteiger partial charge < -0.3 is 19.9 Å². The molecule has 0 saturated carbocycles. The highest BCUT2D eigenvalue weighted by molar-refractivity contribution is 6.19. The van der Waals surface area contributed by atoms with E-state index < -0.39 is 5.60 Å². The number of carbonyl (C=O) groups is 1. The van der Waals surface area contributed by atoms with E-state index in [0.29, 0.717) is 36.2 Å². The molecule has 0 spiro atoms. The SMILES string of the molecule is COc1cc(COc2cc3c(c4ccccc24)[C@H](CCl)CN3C(=O)OC(C)(C)C)ccc1N. The summed E-state index contributed by atoms with van der Waals surface area (Å²) in [5, 5.41) is 2.00. The van der Waals surface area contributed by atoms with Crippen LogP contribution >= 0.6 is 11.6 Å². The molecule has 174 valence electrons. The van der Waals surface area contributed by atoms with Crippen molar-refractivity contribution in [2.75, 3.05) is 30.2 Å². The summed E-state index contributed by atoms with van der Waals surface area (Å²) in [5.41, 5.74) is 8.66. The number of nitrogen functional groups attached to an aromatic ring is 1. The van der Waals surface area contributed by atoms with Crippen LogP contribution in [0.15, 0.2) is 48.5 Å². The first-order chi connectivity index (χ1) is 15.7. The minimum Gasteiger partial charge on any atom is -0.495 e. The first-order valence-electron chi connectivity index (χ1n) is 10.9. The largest absolute Gasteiger partial charge is 0.495 e. The quantitative estimate of drug-likeness (QED) is 0.362. The predicted molar refractivity (Wildman–Crippen MR) is 133 cm³/mol. The molecule has 1 amide bonds. The fourth-order valence-electron chi connectivity index (χ4n) is 4.15. The molecule has 0 unspecified atom stereocenters. The summed E-state index contributed by atoms with van der Waals surface area (Å²) in [6.07, 6.45) is -0.388. The van der Waals surface area contributed by atoms with E-state index in [4.69, 9.17) is 31.5 Å². The zero-order chi connectivity index (χ0) is 23.8. The van der Waals surface area contributed by atoms with Gasteiger partial charge in [-0.3, -0.25) is 4.90 Å². The molecule has 33 heavy (non-hydrogen) atoms. The van der Waals surface area contributed by atoms with Crippen LogP contribution in [0.25, 0.3) is 10.8 Å². The lowest BCUT2D eigenvalue weighted by atomic mass is 9.95. The monoisotopic (exact) mass is 468 g/mol. The molecule has 0 aliphatic carbocycles. The molecule has 7 heteroatoms. The predicted octanol–water partition coefficient (Wildman–Crippen LogP) is 6.09. The molecule has 0 radical (unpaired) electrons. The van der Waals surface area contributed by atoms with E-state index in [1.165, 1.54) is 0 Å². The van der Waals surface area contributed by atoms with Gasteiger partial charge in [-0.1, -0.05) is 30.3 Å². The Bertz CT molecular complexity index is 1190. The van der Waals surface area contributed by atoms with Crippen molar-refractivity contribution in [3.05, 3.63) is 59.7 Å². The standard InChI is InChI=1S/C26H29ClN2O4/c1-26(2,3)33-25(30)29-14-17(13-27)24-19-8-6-5-7-18(19)22(12-21(24)29)32-15-16-9-10-20(28)23(11-16)31-4/h5-12,17H,13-15,28H2,1-4H3/t17-/m1/s1. The van der Waals surface area contributed by atoms with Gasteiger partial charge in [0.25, 0.3) is 0 Å². The molecule has 6 nitrogen and oxygen atoms in total. The van der Waals surface area contributed by atoms with Crippen LogP contribution in [-0.4, -0.2) is 31.2 Å². The molecule has 1 atom stereocenters. The lowest BCUT2D eigenvalue weighted by Gasteiger charge is -2.25. The highest BCUT2D eigenvalue weighted by Gasteiger charge is 2.36. The van der Waals surface area contributed by atoms with Crippen LogP contribution in [0, 0.1) is 0 Å². The zero-order valence-corrected chi connectivity index (χ0v) is 20.1. The molecule has 3 aromatic carbocycles. The van der Waals surface area contributed by atoms with Crippen LogP contribution in [0.2, 0.25) is 0 Å². The molecule has 0 aromatic heterocycles. The minimum absolute atomic E-state index is 0.00879. The lowest BCUT2D eigenvalue weighted by molar-refractivity contribution is 0.0582. The number of hydrogen-bond donors (Lipinski definition) is 1. The van der Waals surface area contributed by atoms with Gasteiger partial charge in [0, 0.05) is 29.8 Å². The fourth-order valence-corrected chi connectivity index (χ4v) is 4.41. The molecule has 0 bridgehead atoms. The second-order valence-electron chi connectivity index (χ2n) is 9.16. The highest BCUT2D eigenvalue weighted by Crippen LogP contribution is 2.46. The summed E-state index contributed by atoms with van der Waals surface area (Å²) in [7, 11) is 1.59. The van der Waals surface area contributed by atoms with Gasteiger partial charge in [0.1, 0.15) is 23.7 Å². The van der Waals surface area contributed by atoms with Crippen LogP contribution in [0.5, 0.6) is 11.5 Å². The van der Waals surface area contributed by atoms with Crippen LogP contribution in [-0.2, 0) is 11.3 Å². The van der Waals surface area contributed by atoms with E-state index in [0.717, 1.165) is 27.6 Å². The molecule has 0 saturated heterocycles. The van der Waals surface area contributed by atoms with Gasteiger partial charge >= 0.3 is 6.09 Å². The number of benzene rings is 3. The summed E-state index contributed by atoms with van der Waals surface area (Å²) >= 11 is 6.33. The first kappa shape index (κ1) is 23.1. The maximum atomic E-state index is 13.0. The van der Waals surface area contributed by atoms with Crippen molar-refractivity contribution in [3.8, 4) is 11.5 Å². The molecular formula is C26H29ClN2O4. The van der Waals surface area contributed by atoms with Crippen molar-refractivity contribution in [3.63, 3.8) is 0 Å². The Hall–Kier alpha value is -3.12. The number of carbonyl (C=O) groups excluding carboxylic acids is 1. The number of hydrogen-bond acceptors (Lipinski definition) is 5. The molecule has 1 heterocycles. The maximum absolute atomic E-state index is 13.0. The Kier molecular flexibility index (Phi) is 6.30. The maximum Gasteiger partial charge on any atom is 0.414 e. The first-order valence-corrected chi connectivity index (χ1v) is 11.4. The number of halogens is 1. The minimum atomic E-state index is -0.597. The third-order valence-corrected chi connectivity index (χ3v) is 5.99. The third-order valence-electron chi connectivity index (χ3n) is 5.62. The topological polar surface area (TPSA) is 74.0 Å². The van der Waals surface area contributed by atoms with E-state index in [2.05, 4.69) is 0 Å². The van der Waals surface area contributed by atoms with Crippen LogP contribution in [0.1, 0.15) is 37.8 Å². The van der Waals surface area contributed by atoms with Gasteiger partial charge in [0.15, 0.2) is 0 Å². The summed E-state index contributed by atoms with van der Waals surface area (Å²) in [4.78, 5) is 14.7. The van der Waals surface area contributed by atoms with E-state index in [-0.39, 0.29) is 12.0 Å². The molecule has 4 rings (SSSR count). The van der Waals surface area contributed by atoms with Crippen molar-refractivity contribution in [1.82, 2.24) is 0 Å². The average molecular weight is 469 g/mol. The molecule has 1 aliphatic rings. The highest BCUT2D eigenvalue weighted by atomic mass is 35.5. The van der Waals surface area contributed by atoms with Crippen LogP contribution in [0.4, 0.5) is 16.2 Å². The number of ether oxygens (including phenoxy) is 3. The Morgan fingerprint density at radius 2 is 1.85 bits per heavy atom. The Morgan fingerprint density at radius 1 is 1.12 bits per heavy atom. The Balaban J connectivity index is 1.74. The summed E-state index contributed by atoms with van der Waals surface area (Å²) in [6, 6.07) is 15.5. The molecule has 2 N–H and O–H groups in total. The third kappa shape index (κ3) is 4.67. The number of nitrogens with two attached hydrogens (primary N) is 1. The zero-order valence-electron chi connectivity index (χ0n) is 19.4. The number of methoxy groups -OCH3 is 1. The molecule has 1 aliphatic heterocycles. The second-order valence-corrected chi connectivity index (χ2v) is 9.47. The Morgan fingerprint density at radius 3 is 2.52 bits per heavy atom. The summed E-state index contributed by atoms with van der Waals surface area (Å²) in [6.45, 7) is 6.37. The number of fused-ring (bicyclic) bond motifs is 3. The second kappa shape index (κ2) is 9.02. The molecule has 0 fully saturated rings. The van der Waals surface area contributed by atoms with Crippen LogP contribution < -0.4 is 20.1 Å². The molecular weight excluding hydrogens is 440 g/mol. The summed E-state index contributed by atoms with van der Waals surface area (Å²) in [5.74, 6) is 1.70. The number of rotatable bonds is 5. The lowest BCUT2D eigenvalue weighted by Crippen LogP contribution is -2.36. The van der Waals surface area contributed by atoms with Crippen molar-refractivity contribution in [2.24, 2.45) is 0 Å². The van der Waals surface area contributed by atoms with E-state index in [1.54, 1.807) is 18.1 Å².